The Bertz CT molecular complexity index is 2700. The lowest BCUT2D eigenvalue weighted by Crippen LogP contribution is -2.28. The van der Waals surface area contributed by atoms with Crippen LogP contribution < -0.4 is 4.18 Å². The van der Waals surface area contributed by atoms with E-state index in [1.165, 1.54) is 0 Å². The molecule has 0 saturated heterocycles. The van der Waals surface area contributed by atoms with Crippen LogP contribution in [-0.2, 0) is 10.1 Å². The zero-order valence-corrected chi connectivity index (χ0v) is 25.6. The van der Waals surface area contributed by atoms with E-state index in [1.807, 2.05) is 84.9 Å². The molecule has 234 valence electrons. The van der Waals surface area contributed by atoms with Gasteiger partial charge in [0.1, 0.15) is 11.2 Å². The normalized spacial score (nSPS) is 12.1. The van der Waals surface area contributed by atoms with Crippen molar-refractivity contribution in [3.05, 3.63) is 145 Å². The van der Waals surface area contributed by atoms with Crippen LogP contribution in [0.2, 0.25) is 0 Å². The molecule has 6 aromatic carbocycles. The van der Waals surface area contributed by atoms with Gasteiger partial charge in [-0.15, -0.1) is 0 Å². The molecular formula is C39H22F3NO4S. The van der Waals surface area contributed by atoms with Crippen molar-refractivity contribution in [2.24, 2.45) is 0 Å². The fraction of sp³-hybridized carbons (Fsp3) is 0.0256. The summed E-state index contributed by atoms with van der Waals surface area (Å²) in [4.78, 5) is 0. The third-order valence-corrected chi connectivity index (χ3v) is 9.16. The molecule has 0 bridgehead atoms. The predicted molar refractivity (Wildman–Crippen MR) is 182 cm³/mol. The molecule has 0 fully saturated rings. The minimum absolute atomic E-state index is 0.0279. The summed E-state index contributed by atoms with van der Waals surface area (Å²) in [6.07, 6.45) is 0. The second-order valence-electron chi connectivity index (χ2n) is 11.1. The van der Waals surface area contributed by atoms with Gasteiger partial charge in [0.05, 0.1) is 16.6 Å². The number of furan rings is 1. The Morgan fingerprint density at radius 1 is 0.646 bits per heavy atom. The molecule has 8 aromatic rings. The molecule has 0 unspecified atom stereocenters. The van der Waals surface area contributed by atoms with Crippen molar-refractivity contribution in [3.8, 4) is 34.4 Å². The molecule has 0 amide bonds. The lowest BCUT2D eigenvalue weighted by molar-refractivity contribution is -0.0500. The minimum atomic E-state index is -6.04. The summed E-state index contributed by atoms with van der Waals surface area (Å²) in [5, 5.41) is 3.18. The molecule has 5 nitrogen and oxygen atoms in total. The molecule has 0 N–H and O–H groups in total. The van der Waals surface area contributed by atoms with Crippen LogP contribution in [0.15, 0.2) is 138 Å². The molecule has 0 radical (unpaired) electrons. The van der Waals surface area contributed by atoms with E-state index >= 15 is 0 Å². The first-order valence-corrected chi connectivity index (χ1v) is 16.3. The van der Waals surface area contributed by atoms with E-state index < -0.39 is 21.4 Å². The summed E-state index contributed by atoms with van der Waals surface area (Å²) >= 11 is 0. The average molecular weight is 658 g/mol. The maximum Gasteiger partial charge on any atom is 0.534 e. The summed E-state index contributed by atoms with van der Waals surface area (Å²) in [5.41, 5.74) is -0.574. The molecule has 9 heteroatoms. The highest BCUT2D eigenvalue weighted by Gasteiger charge is 2.49. The number of aromatic nitrogens is 1. The van der Waals surface area contributed by atoms with E-state index in [9.17, 15) is 21.6 Å². The van der Waals surface area contributed by atoms with Crippen LogP contribution in [0, 0.1) is 11.8 Å². The number of benzene rings is 6. The number of hydrogen-bond acceptors (Lipinski definition) is 4. The highest BCUT2D eigenvalue weighted by molar-refractivity contribution is 7.88. The van der Waals surface area contributed by atoms with E-state index in [0.29, 0.717) is 33.0 Å². The Labute approximate surface area is 272 Å². The number of hydrogen-bond donors (Lipinski definition) is 0. The summed E-state index contributed by atoms with van der Waals surface area (Å²) < 4.78 is 78.6. The molecule has 48 heavy (non-hydrogen) atoms. The average Bonchev–Trinajstić information content (AvgIpc) is 3.62. The Morgan fingerprint density at radius 3 is 2.04 bits per heavy atom. The summed E-state index contributed by atoms with van der Waals surface area (Å²) in [6, 6.07) is 40.8. The van der Waals surface area contributed by atoms with Gasteiger partial charge < -0.3 is 13.2 Å². The van der Waals surface area contributed by atoms with Crippen LogP contribution in [0.5, 0.6) is 5.75 Å². The van der Waals surface area contributed by atoms with Crippen molar-refractivity contribution in [1.82, 2.24) is 4.57 Å². The molecule has 0 aliphatic carbocycles. The number of alkyl halides is 3. The van der Waals surface area contributed by atoms with E-state index in [4.69, 9.17) is 8.60 Å². The maximum atomic E-state index is 13.6. The van der Waals surface area contributed by atoms with Gasteiger partial charge in [0.2, 0.25) is 0 Å². The number of para-hydroxylation sites is 3. The fourth-order valence-corrected chi connectivity index (χ4v) is 6.61. The zero-order valence-electron chi connectivity index (χ0n) is 24.8. The Hall–Kier alpha value is -5.98. The smallest absolute Gasteiger partial charge is 0.456 e. The third kappa shape index (κ3) is 4.86. The number of halogens is 3. The van der Waals surface area contributed by atoms with Crippen LogP contribution in [0.4, 0.5) is 13.2 Å². The molecule has 2 heterocycles. The molecule has 0 aliphatic rings. The minimum Gasteiger partial charge on any atom is -0.456 e. The lowest BCUT2D eigenvalue weighted by Gasteiger charge is -2.15. The van der Waals surface area contributed by atoms with Gasteiger partial charge in [-0.05, 0) is 48.0 Å². The SMILES string of the molecule is O=S(=O)(Oc1cc2oc3ccccc3c2c(-c2ccccc2)c1C#Cc1ccc2c(c1)c1ccccc1n2-c1ccccc1)C(F)(F)F. The summed E-state index contributed by atoms with van der Waals surface area (Å²) in [6.45, 7) is 0. The first-order valence-electron chi connectivity index (χ1n) is 14.8. The van der Waals surface area contributed by atoms with Gasteiger partial charge in [-0.2, -0.15) is 21.6 Å². The van der Waals surface area contributed by atoms with E-state index in [-0.39, 0.29) is 11.1 Å². The standard InChI is InChI=1S/C39H22F3NO4S/c40-39(41,42)48(44,45)47-35-24-36-38(29-16-8-10-18-34(29)46-36)37(26-11-3-1-4-12-26)30(35)21-19-25-20-22-33-31(23-25)28-15-7-9-17-32(28)43(33)27-13-5-2-6-14-27/h1-18,20,22-24H. The van der Waals surface area contributed by atoms with Crippen LogP contribution in [0.25, 0.3) is 60.6 Å². The van der Waals surface area contributed by atoms with Crippen LogP contribution in [0.1, 0.15) is 11.1 Å². The summed E-state index contributed by atoms with van der Waals surface area (Å²) in [7, 11) is -6.04. The van der Waals surface area contributed by atoms with Crippen molar-refractivity contribution in [2.75, 3.05) is 0 Å². The van der Waals surface area contributed by atoms with Gasteiger partial charge >= 0.3 is 15.6 Å². The van der Waals surface area contributed by atoms with Gasteiger partial charge in [0, 0.05) is 44.4 Å². The maximum absolute atomic E-state index is 13.6. The van der Waals surface area contributed by atoms with Crippen molar-refractivity contribution in [3.63, 3.8) is 0 Å². The van der Waals surface area contributed by atoms with Crippen LogP contribution >= 0.6 is 0 Å². The lowest BCUT2D eigenvalue weighted by atomic mass is 9.93. The van der Waals surface area contributed by atoms with Gasteiger partial charge in [0.25, 0.3) is 0 Å². The van der Waals surface area contributed by atoms with Gasteiger partial charge in [-0.3, -0.25) is 0 Å². The fourth-order valence-electron chi connectivity index (χ4n) is 6.15. The monoisotopic (exact) mass is 657 g/mol. The molecule has 0 aliphatic heterocycles. The highest BCUT2D eigenvalue weighted by atomic mass is 32.2. The Kier molecular flexibility index (Phi) is 6.79. The second kappa shape index (κ2) is 11.1. The number of rotatable bonds is 4. The van der Waals surface area contributed by atoms with Crippen molar-refractivity contribution in [2.45, 2.75) is 5.51 Å². The highest BCUT2D eigenvalue weighted by Crippen LogP contribution is 2.44. The molecule has 0 saturated carbocycles. The quantitative estimate of drug-likeness (QED) is 0.107. The largest absolute Gasteiger partial charge is 0.534 e. The van der Waals surface area contributed by atoms with Crippen LogP contribution in [0.3, 0.4) is 0 Å². The first-order chi connectivity index (χ1) is 23.2. The van der Waals surface area contributed by atoms with Crippen molar-refractivity contribution in [1.29, 1.82) is 0 Å². The number of nitrogens with zero attached hydrogens (tertiary/aromatic N) is 1. The molecule has 0 atom stereocenters. The van der Waals surface area contributed by atoms with Crippen LogP contribution in [-0.4, -0.2) is 18.5 Å². The zero-order chi connectivity index (χ0) is 33.0. The molecular weight excluding hydrogens is 635 g/mol. The molecule has 0 spiro atoms. The topological polar surface area (TPSA) is 61.4 Å². The van der Waals surface area contributed by atoms with E-state index in [0.717, 1.165) is 33.6 Å². The van der Waals surface area contributed by atoms with E-state index in [1.54, 1.807) is 42.5 Å². The third-order valence-electron chi connectivity index (χ3n) is 8.20. The predicted octanol–water partition coefficient (Wildman–Crippen LogP) is 9.98. The Balaban J connectivity index is 1.40. The van der Waals surface area contributed by atoms with Gasteiger partial charge in [-0.1, -0.05) is 96.8 Å². The van der Waals surface area contributed by atoms with Gasteiger partial charge in [-0.25, -0.2) is 0 Å². The van der Waals surface area contributed by atoms with Crippen molar-refractivity contribution < 1.29 is 30.2 Å². The second-order valence-corrected chi connectivity index (χ2v) is 12.7. The van der Waals surface area contributed by atoms with Crippen molar-refractivity contribution >= 4 is 53.9 Å². The summed E-state index contributed by atoms with van der Waals surface area (Å²) in [5.74, 6) is 5.52. The first kappa shape index (κ1) is 29.4. The Morgan fingerprint density at radius 2 is 1.29 bits per heavy atom. The number of fused-ring (bicyclic) bond motifs is 6. The molecule has 8 rings (SSSR count). The van der Waals surface area contributed by atoms with E-state index in [2.05, 4.69) is 16.4 Å². The van der Waals surface area contributed by atoms with Gasteiger partial charge in [0.15, 0.2) is 5.75 Å². The molecule has 2 aromatic heterocycles.